The first-order valence-electron chi connectivity index (χ1n) is 13.4. The molecule has 4 aliphatic heterocycles. The molecule has 2 bridgehead atoms. The van der Waals surface area contributed by atoms with Gasteiger partial charge in [-0.25, -0.2) is 0 Å². The van der Waals surface area contributed by atoms with E-state index < -0.39 is 28.7 Å². The van der Waals surface area contributed by atoms with Crippen LogP contribution in [0.3, 0.4) is 0 Å². The Hall–Kier alpha value is -2.14. The average molecular weight is 531 g/mol. The van der Waals surface area contributed by atoms with Crippen LogP contribution in [0.25, 0.3) is 0 Å². The highest BCUT2D eigenvalue weighted by Gasteiger charge is 2.76. The Morgan fingerprint density at radius 1 is 1.19 bits per heavy atom. The molecular formula is C27H38N4O5S. The molecule has 202 valence electrons. The van der Waals surface area contributed by atoms with E-state index in [1.54, 1.807) is 23.6 Å². The number of amides is 3. The van der Waals surface area contributed by atoms with Crippen LogP contribution >= 0.6 is 11.8 Å². The van der Waals surface area contributed by atoms with Crippen molar-refractivity contribution in [2.45, 2.75) is 48.9 Å². The predicted octanol–water partition coefficient (Wildman–Crippen LogP) is 0.469. The Morgan fingerprint density at radius 2 is 1.92 bits per heavy atom. The monoisotopic (exact) mass is 530 g/mol. The number of likely N-dealkylation sites (tertiary alicyclic amines) is 1. The van der Waals surface area contributed by atoms with E-state index in [0.29, 0.717) is 26.3 Å². The van der Waals surface area contributed by atoms with Crippen LogP contribution in [0.5, 0.6) is 0 Å². The maximum atomic E-state index is 14.0. The Labute approximate surface area is 222 Å². The van der Waals surface area contributed by atoms with Gasteiger partial charge in [0, 0.05) is 38.0 Å². The fourth-order valence-corrected chi connectivity index (χ4v) is 9.19. The number of carbonyl (C=O) groups excluding carboxylic acids is 3. The summed E-state index contributed by atoms with van der Waals surface area (Å²) in [5.74, 6) is -1.46. The molecule has 10 heteroatoms. The second-order valence-corrected chi connectivity index (χ2v) is 12.3. The van der Waals surface area contributed by atoms with Crippen LogP contribution in [0.1, 0.15) is 25.8 Å². The van der Waals surface area contributed by atoms with E-state index in [-0.39, 0.29) is 35.5 Å². The third-order valence-electron chi connectivity index (χ3n) is 8.61. The van der Waals surface area contributed by atoms with Crippen molar-refractivity contribution in [2.24, 2.45) is 17.8 Å². The number of morpholine rings is 1. The molecule has 4 aliphatic rings. The average Bonchev–Trinajstić information content (AvgIpc) is 3.51. The number of thioether (sulfide) groups is 1. The summed E-state index contributed by atoms with van der Waals surface area (Å²) in [6, 6.07) is 8.49. The highest BCUT2D eigenvalue weighted by atomic mass is 32.2. The number of nitrogens with zero attached hydrogens (tertiary/aromatic N) is 2. The van der Waals surface area contributed by atoms with Gasteiger partial charge in [-0.3, -0.25) is 19.3 Å². The molecule has 0 aliphatic carbocycles. The molecule has 0 radical (unpaired) electrons. The Balaban J connectivity index is 1.36. The molecule has 1 spiro atoms. The fraction of sp³-hybridized carbons (Fsp3) is 0.667. The number of ether oxygens (including phenoxy) is 1. The summed E-state index contributed by atoms with van der Waals surface area (Å²) < 4.78 is 4.73. The lowest BCUT2D eigenvalue weighted by atomic mass is 9.66. The first kappa shape index (κ1) is 26.5. The maximum absolute atomic E-state index is 14.0. The third-order valence-corrected chi connectivity index (χ3v) is 10.7. The quantitative estimate of drug-likeness (QED) is 0.426. The number of hydrogen-bond acceptors (Lipinski definition) is 7. The van der Waals surface area contributed by atoms with Gasteiger partial charge in [-0.2, -0.15) is 0 Å². The number of carbonyl (C=O) groups is 3. The zero-order chi connectivity index (χ0) is 26.2. The summed E-state index contributed by atoms with van der Waals surface area (Å²) >= 11 is 1.66. The Morgan fingerprint density at radius 3 is 2.62 bits per heavy atom. The number of aliphatic hydroxyl groups is 1. The van der Waals surface area contributed by atoms with Crippen LogP contribution in [-0.4, -0.2) is 101 Å². The molecule has 3 amide bonds. The van der Waals surface area contributed by atoms with E-state index in [2.05, 4.69) is 22.5 Å². The van der Waals surface area contributed by atoms with E-state index in [9.17, 15) is 19.5 Å². The largest absolute Gasteiger partial charge is 0.394 e. The van der Waals surface area contributed by atoms with E-state index in [1.165, 1.54) is 0 Å². The van der Waals surface area contributed by atoms with Crippen molar-refractivity contribution in [3.63, 3.8) is 0 Å². The topological polar surface area (TPSA) is 111 Å². The molecule has 0 saturated carbocycles. The van der Waals surface area contributed by atoms with Crippen LogP contribution in [0, 0.1) is 17.8 Å². The van der Waals surface area contributed by atoms with Gasteiger partial charge in [0.2, 0.25) is 17.7 Å². The van der Waals surface area contributed by atoms with Gasteiger partial charge >= 0.3 is 0 Å². The van der Waals surface area contributed by atoms with Gasteiger partial charge in [0.15, 0.2) is 0 Å². The molecule has 4 heterocycles. The van der Waals surface area contributed by atoms with Crippen LogP contribution in [0.2, 0.25) is 0 Å². The third kappa shape index (κ3) is 4.66. The summed E-state index contributed by atoms with van der Waals surface area (Å²) in [5, 5.41) is 16.2. The van der Waals surface area contributed by atoms with Crippen molar-refractivity contribution < 1.29 is 24.2 Å². The molecule has 7 atom stereocenters. The van der Waals surface area contributed by atoms with Gasteiger partial charge in [-0.15, -0.1) is 11.8 Å². The lowest BCUT2D eigenvalue weighted by Crippen LogP contribution is -2.58. The number of aliphatic hydroxyl groups excluding tert-OH is 1. The zero-order valence-electron chi connectivity index (χ0n) is 21.6. The summed E-state index contributed by atoms with van der Waals surface area (Å²) in [6.45, 7) is 8.31. The lowest BCUT2D eigenvalue weighted by Gasteiger charge is -2.39. The van der Waals surface area contributed by atoms with Crippen molar-refractivity contribution >= 4 is 29.5 Å². The molecule has 9 nitrogen and oxygen atoms in total. The Bertz CT molecular complexity index is 1010. The first-order chi connectivity index (χ1) is 17.9. The number of nitrogens with one attached hydrogen (secondary N) is 2. The molecule has 0 aromatic heterocycles. The van der Waals surface area contributed by atoms with E-state index in [4.69, 9.17) is 4.74 Å². The van der Waals surface area contributed by atoms with Gasteiger partial charge in [-0.05, 0) is 24.8 Å². The minimum absolute atomic E-state index is 0.00467. The van der Waals surface area contributed by atoms with Crippen molar-refractivity contribution in [3.05, 3.63) is 35.9 Å². The van der Waals surface area contributed by atoms with Crippen molar-refractivity contribution in [3.8, 4) is 0 Å². The van der Waals surface area contributed by atoms with Gasteiger partial charge < -0.3 is 25.4 Å². The smallest absolute Gasteiger partial charge is 0.244 e. The molecule has 4 saturated heterocycles. The molecule has 3 unspecified atom stereocenters. The van der Waals surface area contributed by atoms with E-state index in [1.807, 2.05) is 30.3 Å². The van der Waals surface area contributed by atoms with Crippen molar-refractivity contribution in [1.29, 1.82) is 0 Å². The van der Waals surface area contributed by atoms with Crippen molar-refractivity contribution in [2.75, 3.05) is 46.0 Å². The molecule has 1 aromatic rings. The maximum Gasteiger partial charge on any atom is 0.244 e. The van der Waals surface area contributed by atoms with Crippen LogP contribution < -0.4 is 10.6 Å². The SMILES string of the molecule is CC1C[C@H]2SC13C(C(=O)NCCN1CCOCC1)N([C@H](C)CO)C(=O)[C@@H]3[C@H]2C(=O)NCc1ccccc1. The van der Waals surface area contributed by atoms with Crippen LogP contribution in [0.4, 0.5) is 0 Å². The number of hydrogen-bond donors (Lipinski definition) is 3. The number of rotatable bonds is 9. The Kier molecular flexibility index (Phi) is 7.81. The van der Waals surface area contributed by atoms with Gasteiger partial charge in [0.1, 0.15) is 6.04 Å². The number of fused-ring (bicyclic) bond motifs is 1. The fourth-order valence-electron chi connectivity index (χ4n) is 6.78. The van der Waals surface area contributed by atoms with Crippen LogP contribution in [-0.2, 0) is 25.7 Å². The molecule has 3 N–H and O–H groups in total. The summed E-state index contributed by atoms with van der Waals surface area (Å²) in [4.78, 5) is 45.1. The predicted molar refractivity (Wildman–Crippen MR) is 141 cm³/mol. The summed E-state index contributed by atoms with van der Waals surface area (Å²) in [7, 11) is 0. The first-order valence-corrected chi connectivity index (χ1v) is 14.3. The molecule has 5 rings (SSSR count). The lowest BCUT2D eigenvalue weighted by molar-refractivity contribution is -0.142. The number of benzene rings is 1. The molecule has 37 heavy (non-hydrogen) atoms. The standard InChI is InChI=1S/C27H38N4O5S/c1-17-14-20-21(24(33)29-15-19-6-4-3-5-7-19)22-26(35)31(18(2)16-32)23(27(17,22)37-20)25(34)28-8-9-30-10-12-36-13-11-30/h3-7,17-18,20-23,32H,8-16H2,1-2H3,(H,28,34)(H,29,33)/t17?,18-,20-,21+,22+,23?,27?/m1/s1. The van der Waals surface area contributed by atoms with E-state index >= 15 is 0 Å². The summed E-state index contributed by atoms with van der Waals surface area (Å²) in [5.41, 5.74) is 1.00. The second kappa shape index (κ2) is 10.9. The molecular weight excluding hydrogens is 492 g/mol. The van der Waals surface area contributed by atoms with Crippen molar-refractivity contribution in [1.82, 2.24) is 20.4 Å². The van der Waals surface area contributed by atoms with Gasteiger partial charge in [0.05, 0.1) is 42.4 Å². The van der Waals surface area contributed by atoms with Gasteiger partial charge in [0.25, 0.3) is 0 Å². The van der Waals surface area contributed by atoms with Crippen LogP contribution in [0.15, 0.2) is 30.3 Å². The highest BCUT2D eigenvalue weighted by molar-refractivity contribution is 8.02. The minimum atomic E-state index is -0.714. The highest BCUT2D eigenvalue weighted by Crippen LogP contribution is 2.68. The molecule has 1 aromatic carbocycles. The summed E-state index contributed by atoms with van der Waals surface area (Å²) in [6.07, 6.45) is 0.788. The van der Waals surface area contributed by atoms with E-state index in [0.717, 1.165) is 31.6 Å². The normalized spacial score (nSPS) is 33.9. The minimum Gasteiger partial charge on any atom is -0.394 e. The molecule has 4 fully saturated rings. The van der Waals surface area contributed by atoms with Gasteiger partial charge in [-0.1, -0.05) is 37.3 Å². The second-order valence-electron chi connectivity index (χ2n) is 10.8. The zero-order valence-corrected chi connectivity index (χ0v) is 22.4.